The molecule has 0 aliphatic carbocycles. The molecular formula is C25H33ClN2O3. The van der Waals surface area contributed by atoms with Crippen LogP contribution in [0.15, 0.2) is 48.5 Å². The number of anilines is 1. The van der Waals surface area contributed by atoms with Crippen LogP contribution < -0.4 is 9.64 Å². The van der Waals surface area contributed by atoms with Crippen molar-refractivity contribution in [2.75, 3.05) is 38.2 Å². The van der Waals surface area contributed by atoms with E-state index in [-0.39, 0.29) is 5.91 Å². The van der Waals surface area contributed by atoms with Crippen LogP contribution in [-0.4, -0.2) is 54.8 Å². The first-order valence-electron chi connectivity index (χ1n) is 11.0. The second-order valence-corrected chi connectivity index (χ2v) is 8.71. The summed E-state index contributed by atoms with van der Waals surface area (Å²) in [5.41, 5.74) is 0.859. The van der Waals surface area contributed by atoms with E-state index in [0.717, 1.165) is 42.3 Å². The average molecular weight is 445 g/mol. The van der Waals surface area contributed by atoms with Gasteiger partial charge in [-0.1, -0.05) is 48.9 Å². The van der Waals surface area contributed by atoms with Gasteiger partial charge in [0.1, 0.15) is 5.75 Å². The summed E-state index contributed by atoms with van der Waals surface area (Å²) in [6, 6.07) is 15.4. The van der Waals surface area contributed by atoms with Crippen molar-refractivity contribution in [3.05, 3.63) is 59.1 Å². The van der Waals surface area contributed by atoms with E-state index in [1.54, 1.807) is 11.9 Å². The number of piperidine rings is 1. The molecule has 1 aliphatic heterocycles. The number of carbonyl (C=O) groups excluding carboxylic acids is 1. The molecule has 2 aromatic carbocycles. The topological polar surface area (TPSA) is 53.0 Å². The molecular weight excluding hydrogens is 412 g/mol. The Bertz CT molecular complexity index is 881. The molecule has 5 nitrogen and oxygen atoms in total. The fourth-order valence-electron chi connectivity index (χ4n) is 4.23. The summed E-state index contributed by atoms with van der Waals surface area (Å²) in [6.07, 6.45) is 2.02. The van der Waals surface area contributed by atoms with E-state index in [9.17, 15) is 9.90 Å². The van der Waals surface area contributed by atoms with Gasteiger partial charge in [0.25, 0.3) is 0 Å². The zero-order valence-electron chi connectivity index (χ0n) is 18.7. The van der Waals surface area contributed by atoms with Crippen LogP contribution in [0.4, 0.5) is 5.69 Å². The summed E-state index contributed by atoms with van der Waals surface area (Å²) in [6.45, 7) is 6.70. The minimum atomic E-state index is -1.01. The number of halogens is 1. The normalized spacial score (nSPS) is 17.2. The van der Waals surface area contributed by atoms with Crippen molar-refractivity contribution in [2.24, 2.45) is 5.92 Å². The lowest BCUT2D eigenvalue weighted by atomic mass is 9.79. The van der Waals surface area contributed by atoms with E-state index in [4.69, 9.17) is 16.3 Å². The SMILES string of the molecule is CCOc1ccccc1N(C)C(=O)C(C)C1(O)CCN(CCc2ccccc2Cl)CC1. The van der Waals surface area contributed by atoms with Gasteiger partial charge in [0, 0.05) is 31.7 Å². The minimum absolute atomic E-state index is 0.0980. The summed E-state index contributed by atoms with van der Waals surface area (Å²) in [5, 5.41) is 12.1. The maximum Gasteiger partial charge on any atom is 0.232 e. The van der Waals surface area contributed by atoms with Gasteiger partial charge in [0.2, 0.25) is 5.91 Å². The lowest BCUT2D eigenvalue weighted by Crippen LogP contribution is -2.53. The smallest absolute Gasteiger partial charge is 0.232 e. The number of ether oxygens (including phenoxy) is 1. The lowest BCUT2D eigenvalue weighted by molar-refractivity contribution is -0.134. The second-order valence-electron chi connectivity index (χ2n) is 8.31. The molecule has 1 aliphatic rings. The minimum Gasteiger partial charge on any atom is -0.492 e. The summed E-state index contributed by atoms with van der Waals surface area (Å²) in [5.74, 6) is 0.0755. The number of likely N-dealkylation sites (tertiary alicyclic amines) is 1. The molecule has 31 heavy (non-hydrogen) atoms. The predicted molar refractivity (Wildman–Crippen MR) is 126 cm³/mol. The first-order chi connectivity index (χ1) is 14.9. The number of para-hydroxylation sites is 2. The van der Waals surface area contributed by atoms with Gasteiger partial charge < -0.3 is 19.6 Å². The van der Waals surface area contributed by atoms with E-state index in [0.29, 0.717) is 25.2 Å². The van der Waals surface area contributed by atoms with Crippen molar-refractivity contribution in [2.45, 2.75) is 38.7 Å². The molecule has 1 unspecified atom stereocenters. The molecule has 6 heteroatoms. The van der Waals surface area contributed by atoms with Gasteiger partial charge in [-0.2, -0.15) is 0 Å². The fraction of sp³-hybridized carbons (Fsp3) is 0.480. The molecule has 168 valence electrons. The maximum absolute atomic E-state index is 13.2. The quantitative estimate of drug-likeness (QED) is 0.655. The van der Waals surface area contributed by atoms with E-state index in [1.807, 2.05) is 56.3 Å². The van der Waals surface area contributed by atoms with Crippen LogP contribution >= 0.6 is 11.6 Å². The van der Waals surface area contributed by atoms with Gasteiger partial charge in [-0.05, 0) is 49.9 Å². The first-order valence-corrected chi connectivity index (χ1v) is 11.4. The molecule has 2 aromatic rings. The highest BCUT2D eigenvalue weighted by Crippen LogP contribution is 2.34. The van der Waals surface area contributed by atoms with Crippen LogP contribution in [0.1, 0.15) is 32.3 Å². The summed E-state index contributed by atoms with van der Waals surface area (Å²) >= 11 is 6.27. The van der Waals surface area contributed by atoms with Crippen LogP contribution in [0.3, 0.4) is 0 Å². The van der Waals surface area contributed by atoms with Crippen molar-refractivity contribution in [3.8, 4) is 5.75 Å². The summed E-state index contributed by atoms with van der Waals surface area (Å²) in [7, 11) is 1.75. The maximum atomic E-state index is 13.2. The van der Waals surface area contributed by atoms with Gasteiger partial charge in [-0.25, -0.2) is 0 Å². The van der Waals surface area contributed by atoms with E-state index >= 15 is 0 Å². The van der Waals surface area contributed by atoms with Crippen molar-refractivity contribution in [1.82, 2.24) is 4.90 Å². The molecule has 0 bridgehead atoms. The monoisotopic (exact) mass is 444 g/mol. The molecule has 0 radical (unpaired) electrons. The highest BCUT2D eigenvalue weighted by Gasteiger charge is 2.42. The van der Waals surface area contributed by atoms with E-state index in [1.165, 1.54) is 0 Å². The first kappa shape index (κ1) is 23.6. The van der Waals surface area contributed by atoms with E-state index in [2.05, 4.69) is 11.0 Å². The highest BCUT2D eigenvalue weighted by molar-refractivity contribution is 6.31. The average Bonchev–Trinajstić information content (AvgIpc) is 2.79. The number of aliphatic hydroxyl groups is 1. The Hall–Kier alpha value is -2.08. The van der Waals surface area contributed by atoms with E-state index < -0.39 is 11.5 Å². The molecule has 1 amide bonds. The van der Waals surface area contributed by atoms with Crippen molar-refractivity contribution < 1.29 is 14.6 Å². The van der Waals surface area contributed by atoms with Crippen LogP contribution in [0.5, 0.6) is 5.75 Å². The number of rotatable bonds is 8. The number of carbonyl (C=O) groups is 1. The Morgan fingerprint density at radius 1 is 1.19 bits per heavy atom. The molecule has 3 rings (SSSR count). The molecule has 0 spiro atoms. The molecule has 0 saturated carbocycles. The Morgan fingerprint density at radius 2 is 1.84 bits per heavy atom. The van der Waals surface area contributed by atoms with Gasteiger partial charge >= 0.3 is 0 Å². The molecule has 0 aromatic heterocycles. The number of benzene rings is 2. The van der Waals surface area contributed by atoms with Crippen LogP contribution in [0.2, 0.25) is 5.02 Å². The molecule has 1 N–H and O–H groups in total. The summed E-state index contributed by atoms with van der Waals surface area (Å²) < 4.78 is 5.67. The Labute approximate surface area is 190 Å². The zero-order chi connectivity index (χ0) is 22.4. The number of hydrogen-bond acceptors (Lipinski definition) is 4. The van der Waals surface area contributed by atoms with Crippen molar-refractivity contribution in [1.29, 1.82) is 0 Å². The number of amides is 1. The predicted octanol–water partition coefficient (Wildman–Crippen LogP) is 4.41. The Morgan fingerprint density at radius 3 is 2.52 bits per heavy atom. The van der Waals surface area contributed by atoms with Crippen molar-refractivity contribution in [3.63, 3.8) is 0 Å². The third-order valence-electron chi connectivity index (χ3n) is 6.41. The third kappa shape index (κ3) is 5.59. The van der Waals surface area contributed by atoms with Gasteiger partial charge in [0.15, 0.2) is 0 Å². The standard InChI is InChI=1S/C25H33ClN2O3/c1-4-31-23-12-8-7-11-22(23)27(3)24(29)19(2)25(30)14-17-28(18-15-25)16-13-20-9-5-6-10-21(20)26/h5-12,19,30H,4,13-18H2,1-3H3. The zero-order valence-corrected chi connectivity index (χ0v) is 19.4. The van der Waals surface area contributed by atoms with Crippen LogP contribution in [-0.2, 0) is 11.2 Å². The van der Waals surface area contributed by atoms with Crippen LogP contribution in [0, 0.1) is 5.92 Å². The van der Waals surface area contributed by atoms with Gasteiger partial charge in [0.05, 0.1) is 23.8 Å². The number of hydrogen-bond donors (Lipinski definition) is 1. The molecule has 1 atom stereocenters. The Balaban J connectivity index is 1.59. The lowest BCUT2D eigenvalue weighted by Gasteiger charge is -2.42. The van der Waals surface area contributed by atoms with Gasteiger partial charge in [-0.3, -0.25) is 4.79 Å². The number of nitrogens with zero attached hydrogens (tertiary/aromatic N) is 2. The van der Waals surface area contributed by atoms with Crippen LogP contribution in [0.25, 0.3) is 0 Å². The largest absolute Gasteiger partial charge is 0.492 e. The fourth-order valence-corrected chi connectivity index (χ4v) is 4.46. The molecule has 1 heterocycles. The second kappa shape index (κ2) is 10.5. The van der Waals surface area contributed by atoms with Crippen molar-refractivity contribution >= 4 is 23.2 Å². The highest BCUT2D eigenvalue weighted by atomic mass is 35.5. The molecule has 1 saturated heterocycles. The summed E-state index contributed by atoms with van der Waals surface area (Å²) in [4.78, 5) is 17.2. The third-order valence-corrected chi connectivity index (χ3v) is 6.78. The molecule has 1 fully saturated rings. The van der Waals surface area contributed by atoms with Gasteiger partial charge in [-0.15, -0.1) is 0 Å². The Kier molecular flexibility index (Phi) is 7.98.